The summed E-state index contributed by atoms with van der Waals surface area (Å²) in [5, 5.41) is -0.226. The van der Waals surface area contributed by atoms with Gasteiger partial charge in [0, 0.05) is 24.9 Å². The third-order valence-electron chi connectivity index (χ3n) is 2.45. The standard InChI is InChI=1S/C11H11ClFN3O2S/c12-9-2-1-3-10(11(9)13)19(17,18)16-5-4-8-6-14-7-15-8/h1-3,6-7,16H,4-5H2,(H,14,15). The van der Waals surface area contributed by atoms with Gasteiger partial charge in [-0.1, -0.05) is 17.7 Å². The van der Waals surface area contributed by atoms with Crippen LogP contribution >= 0.6 is 11.6 Å². The van der Waals surface area contributed by atoms with E-state index in [2.05, 4.69) is 14.7 Å². The number of hydrogen-bond donors (Lipinski definition) is 2. The molecular weight excluding hydrogens is 293 g/mol. The Morgan fingerprint density at radius 3 is 2.89 bits per heavy atom. The van der Waals surface area contributed by atoms with Crippen molar-refractivity contribution in [1.82, 2.24) is 14.7 Å². The van der Waals surface area contributed by atoms with Crippen molar-refractivity contribution in [2.75, 3.05) is 6.54 Å². The molecule has 2 aromatic rings. The summed E-state index contributed by atoms with van der Waals surface area (Å²) in [7, 11) is -3.91. The molecule has 19 heavy (non-hydrogen) atoms. The van der Waals surface area contributed by atoms with E-state index in [9.17, 15) is 12.8 Å². The maximum absolute atomic E-state index is 13.6. The van der Waals surface area contributed by atoms with E-state index in [0.717, 1.165) is 5.69 Å². The minimum absolute atomic E-state index is 0.135. The lowest BCUT2D eigenvalue weighted by molar-refractivity contribution is 0.557. The Labute approximate surface area is 114 Å². The number of imidazole rings is 1. The molecule has 0 spiro atoms. The zero-order valence-corrected chi connectivity index (χ0v) is 11.3. The Morgan fingerprint density at radius 1 is 1.42 bits per heavy atom. The molecule has 2 N–H and O–H groups in total. The number of halogens is 2. The van der Waals surface area contributed by atoms with Crippen molar-refractivity contribution in [1.29, 1.82) is 0 Å². The predicted molar refractivity (Wildman–Crippen MR) is 68.9 cm³/mol. The number of nitrogens with one attached hydrogen (secondary N) is 2. The first-order valence-electron chi connectivity index (χ1n) is 5.41. The summed E-state index contributed by atoms with van der Waals surface area (Å²) in [6.45, 7) is 0.135. The van der Waals surface area contributed by atoms with Crippen molar-refractivity contribution in [2.24, 2.45) is 0 Å². The molecule has 0 atom stereocenters. The van der Waals surface area contributed by atoms with E-state index >= 15 is 0 Å². The number of aromatic amines is 1. The van der Waals surface area contributed by atoms with Crippen molar-refractivity contribution in [2.45, 2.75) is 11.3 Å². The maximum Gasteiger partial charge on any atom is 0.243 e. The smallest absolute Gasteiger partial charge is 0.243 e. The zero-order valence-electron chi connectivity index (χ0n) is 9.73. The van der Waals surface area contributed by atoms with E-state index in [0.29, 0.717) is 6.42 Å². The molecule has 0 unspecified atom stereocenters. The first-order chi connectivity index (χ1) is 9.00. The fourth-order valence-corrected chi connectivity index (χ4v) is 2.87. The van der Waals surface area contributed by atoms with Crippen molar-refractivity contribution in [3.05, 3.63) is 47.3 Å². The topological polar surface area (TPSA) is 74.8 Å². The summed E-state index contributed by atoms with van der Waals surface area (Å²) in [6.07, 6.45) is 3.52. The Hall–Kier alpha value is -1.44. The summed E-state index contributed by atoms with van der Waals surface area (Å²) in [5.41, 5.74) is 0.786. The molecule has 0 bridgehead atoms. The lowest BCUT2D eigenvalue weighted by Crippen LogP contribution is -2.27. The third-order valence-corrected chi connectivity index (χ3v) is 4.22. The van der Waals surface area contributed by atoms with Gasteiger partial charge in [-0.2, -0.15) is 0 Å². The van der Waals surface area contributed by atoms with Gasteiger partial charge >= 0.3 is 0 Å². The summed E-state index contributed by atoms with van der Waals surface area (Å²) in [6, 6.07) is 3.84. The molecular formula is C11H11ClFN3O2S. The van der Waals surface area contributed by atoms with Gasteiger partial charge in [0.05, 0.1) is 11.3 Å². The molecule has 0 aliphatic rings. The summed E-state index contributed by atoms with van der Waals surface area (Å²) in [5.74, 6) is -0.946. The van der Waals surface area contributed by atoms with Crippen LogP contribution in [0, 0.1) is 5.82 Å². The Bertz CT molecular complexity index is 659. The average Bonchev–Trinajstić information content (AvgIpc) is 2.85. The van der Waals surface area contributed by atoms with E-state index in [4.69, 9.17) is 11.6 Å². The first kappa shape index (κ1) is 14.0. The predicted octanol–water partition coefficient (Wildman–Crippen LogP) is 1.72. The zero-order chi connectivity index (χ0) is 13.9. The molecule has 0 radical (unpaired) electrons. The first-order valence-corrected chi connectivity index (χ1v) is 7.28. The Morgan fingerprint density at radius 2 is 2.21 bits per heavy atom. The second kappa shape index (κ2) is 5.68. The summed E-state index contributed by atoms with van der Waals surface area (Å²) >= 11 is 5.55. The van der Waals surface area contributed by atoms with Crippen LogP contribution in [0.2, 0.25) is 5.02 Å². The molecule has 2 rings (SSSR count). The van der Waals surface area contributed by atoms with Crippen molar-refractivity contribution in [3.8, 4) is 0 Å². The van der Waals surface area contributed by atoms with Crippen LogP contribution in [-0.4, -0.2) is 24.9 Å². The Balaban J connectivity index is 2.08. The van der Waals surface area contributed by atoms with Gasteiger partial charge in [-0.05, 0) is 12.1 Å². The van der Waals surface area contributed by atoms with E-state index in [1.165, 1.54) is 24.5 Å². The van der Waals surface area contributed by atoms with E-state index < -0.39 is 20.7 Å². The third kappa shape index (κ3) is 3.31. The fraction of sp³-hybridized carbons (Fsp3) is 0.182. The molecule has 8 heteroatoms. The SMILES string of the molecule is O=S(=O)(NCCc1cnc[nH]1)c1cccc(Cl)c1F. The van der Waals surface area contributed by atoms with E-state index in [1.54, 1.807) is 6.20 Å². The summed E-state index contributed by atoms with van der Waals surface area (Å²) < 4.78 is 39.7. The summed E-state index contributed by atoms with van der Waals surface area (Å²) in [4.78, 5) is 6.20. The highest BCUT2D eigenvalue weighted by molar-refractivity contribution is 7.89. The van der Waals surface area contributed by atoms with Crippen LogP contribution in [0.3, 0.4) is 0 Å². The van der Waals surface area contributed by atoms with Crippen LogP contribution in [0.15, 0.2) is 35.6 Å². The number of sulfonamides is 1. The minimum Gasteiger partial charge on any atom is -0.348 e. The molecule has 1 aromatic heterocycles. The lowest BCUT2D eigenvalue weighted by atomic mass is 10.3. The molecule has 0 saturated carbocycles. The van der Waals surface area contributed by atoms with Crippen LogP contribution in [-0.2, 0) is 16.4 Å². The molecule has 102 valence electrons. The highest BCUT2D eigenvalue weighted by atomic mass is 35.5. The van der Waals surface area contributed by atoms with Crippen LogP contribution in [0.4, 0.5) is 4.39 Å². The number of nitrogens with zero attached hydrogens (tertiary/aromatic N) is 1. The molecule has 5 nitrogen and oxygen atoms in total. The van der Waals surface area contributed by atoms with Gasteiger partial charge in [-0.25, -0.2) is 22.5 Å². The maximum atomic E-state index is 13.6. The second-order valence-electron chi connectivity index (χ2n) is 3.78. The van der Waals surface area contributed by atoms with Gasteiger partial charge in [0.25, 0.3) is 0 Å². The van der Waals surface area contributed by atoms with Crippen molar-refractivity contribution >= 4 is 21.6 Å². The van der Waals surface area contributed by atoms with Gasteiger partial charge in [0.1, 0.15) is 4.90 Å². The van der Waals surface area contributed by atoms with Crippen molar-refractivity contribution in [3.63, 3.8) is 0 Å². The van der Waals surface area contributed by atoms with Gasteiger partial charge in [-0.15, -0.1) is 0 Å². The second-order valence-corrected chi connectivity index (χ2v) is 5.92. The number of H-pyrrole nitrogens is 1. The van der Waals surface area contributed by atoms with Crippen LogP contribution in [0.5, 0.6) is 0 Å². The fourth-order valence-electron chi connectivity index (χ4n) is 1.51. The minimum atomic E-state index is -3.91. The normalized spacial score (nSPS) is 11.7. The number of benzene rings is 1. The highest BCUT2D eigenvalue weighted by Gasteiger charge is 2.20. The van der Waals surface area contributed by atoms with Gasteiger partial charge in [0.15, 0.2) is 5.82 Å². The Kier molecular flexibility index (Phi) is 4.18. The molecule has 0 aliphatic heterocycles. The monoisotopic (exact) mass is 303 g/mol. The lowest BCUT2D eigenvalue weighted by Gasteiger charge is -2.07. The molecule has 0 aliphatic carbocycles. The van der Waals surface area contributed by atoms with E-state index in [-0.39, 0.29) is 11.6 Å². The van der Waals surface area contributed by atoms with Crippen LogP contribution in [0.25, 0.3) is 0 Å². The van der Waals surface area contributed by atoms with Crippen LogP contribution in [0.1, 0.15) is 5.69 Å². The number of rotatable bonds is 5. The highest BCUT2D eigenvalue weighted by Crippen LogP contribution is 2.21. The molecule has 0 fully saturated rings. The van der Waals surface area contributed by atoms with Gasteiger partial charge < -0.3 is 4.98 Å². The van der Waals surface area contributed by atoms with Crippen LogP contribution < -0.4 is 4.72 Å². The van der Waals surface area contributed by atoms with Gasteiger partial charge in [0.2, 0.25) is 10.0 Å². The quantitative estimate of drug-likeness (QED) is 0.883. The molecule has 0 saturated heterocycles. The molecule has 1 heterocycles. The van der Waals surface area contributed by atoms with E-state index in [1.807, 2.05) is 0 Å². The molecule has 1 aromatic carbocycles. The average molecular weight is 304 g/mol. The number of aromatic nitrogens is 2. The molecule has 0 amide bonds. The van der Waals surface area contributed by atoms with Crippen molar-refractivity contribution < 1.29 is 12.8 Å². The largest absolute Gasteiger partial charge is 0.348 e. The van der Waals surface area contributed by atoms with Gasteiger partial charge in [-0.3, -0.25) is 0 Å². The number of hydrogen-bond acceptors (Lipinski definition) is 3.